The molecule has 1 saturated heterocycles. The molecule has 174 valence electrons. The third-order valence-corrected chi connectivity index (χ3v) is 6.24. The van der Waals surface area contributed by atoms with Gasteiger partial charge in [-0.2, -0.15) is 5.10 Å². The number of rotatable bonds is 7. The molecule has 1 saturated carbocycles. The fraction of sp³-hybridized carbons (Fsp3) is 0.280. The second kappa shape index (κ2) is 8.33. The number of nitrogens with one attached hydrogen (secondary N) is 2. The van der Waals surface area contributed by atoms with Crippen LogP contribution >= 0.6 is 0 Å². The fourth-order valence-corrected chi connectivity index (χ4v) is 4.12. The first-order chi connectivity index (χ1) is 16.4. The van der Waals surface area contributed by atoms with Gasteiger partial charge in [-0.05, 0) is 49.6 Å². The van der Waals surface area contributed by atoms with E-state index in [0.29, 0.717) is 23.0 Å². The number of hydrogen-bond donors (Lipinski definition) is 2. The third-order valence-electron chi connectivity index (χ3n) is 6.24. The lowest BCUT2D eigenvalue weighted by Gasteiger charge is -2.22. The first-order valence-electron chi connectivity index (χ1n) is 11.1. The molecule has 5 rings (SSSR count). The number of methoxy groups -OCH3 is 1. The molecule has 2 heterocycles. The number of anilines is 1. The Morgan fingerprint density at radius 2 is 1.85 bits per heavy atom. The van der Waals surface area contributed by atoms with E-state index in [1.807, 2.05) is 36.4 Å². The minimum atomic E-state index is -1.27. The van der Waals surface area contributed by atoms with Crippen molar-refractivity contribution >= 4 is 23.7 Å². The molecule has 2 aromatic carbocycles. The van der Waals surface area contributed by atoms with Gasteiger partial charge in [0, 0.05) is 12.0 Å². The van der Waals surface area contributed by atoms with E-state index in [4.69, 9.17) is 4.74 Å². The smallest absolute Gasteiger partial charge is 0.325 e. The number of imide groups is 1. The highest BCUT2D eigenvalue weighted by Gasteiger charge is 2.49. The molecular formula is C25H25N5O4. The molecule has 9 heteroatoms. The summed E-state index contributed by atoms with van der Waals surface area (Å²) in [6, 6.07) is 17.6. The number of aromatic nitrogens is 2. The van der Waals surface area contributed by atoms with E-state index in [2.05, 4.69) is 15.7 Å². The Kier molecular flexibility index (Phi) is 5.31. The van der Waals surface area contributed by atoms with Crippen LogP contribution in [0, 0.1) is 0 Å². The summed E-state index contributed by atoms with van der Waals surface area (Å²) in [5, 5.41) is 10.2. The molecular weight excluding hydrogens is 434 g/mol. The molecule has 34 heavy (non-hydrogen) atoms. The van der Waals surface area contributed by atoms with Gasteiger partial charge in [0.05, 0.1) is 18.5 Å². The molecule has 2 aliphatic rings. The van der Waals surface area contributed by atoms with E-state index < -0.39 is 29.9 Å². The molecule has 1 aliphatic carbocycles. The van der Waals surface area contributed by atoms with Gasteiger partial charge in [-0.15, -0.1) is 0 Å². The Labute approximate surface area is 196 Å². The molecule has 4 amide bonds. The van der Waals surface area contributed by atoms with E-state index in [1.165, 1.54) is 0 Å². The number of amides is 4. The molecule has 2 fully saturated rings. The molecule has 0 unspecified atom stereocenters. The molecule has 0 spiro atoms. The van der Waals surface area contributed by atoms with Crippen LogP contribution in [0.25, 0.3) is 5.69 Å². The van der Waals surface area contributed by atoms with Gasteiger partial charge < -0.3 is 15.4 Å². The van der Waals surface area contributed by atoms with Crippen LogP contribution in [0.4, 0.5) is 10.6 Å². The summed E-state index contributed by atoms with van der Waals surface area (Å²) in [7, 11) is 1.55. The quantitative estimate of drug-likeness (QED) is 0.528. The minimum absolute atomic E-state index is 0.400. The van der Waals surface area contributed by atoms with Crippen molar-refractivity contribution in [3.05, 3.63) is 71.9 Å². The predicted molar refractivity (Wildman–Crippen MR) is 125 cm³/mol. The molecule has 3 aromatic rings. The zero-order chi connectivity index (χ0) is 23.9. The van der Waals surface area contributed by atoms with Gasteiger partial charge in [-0.25, -0.2) is 9.48 Å². The largest absolute Gasteiger partial charge is 0.497 e. The summed E-state index contributed by atoms with van der Waals surface area (Å²) < 4.78 is 6.84. The molecule has 1 aromatic heterocycles. The van der Waals surface area contributed by atoms with E-state index in [-0.39, 0.29) is 0 Å². The number of para-hydroxylation sites is 1. The lowest BCUT2D eigenvalue weighted by molar-refractivity contribution is -0.133. The summed E-state index contributed by atoms with van der Waals surface area (Å²) in [5.41, 5.74) is 1.06. The van der Waals surface area contributed by atoms with Crippen molar-refractivity contribution in [3.63, 3.8) is 0 Å². The average molecular weight is 460 g/mol. The van der Waals surface area contributed by atoms with Crippen molar-refractivity contribution in [3.8, 4) is 11.4 Å². The van der Waals surface area contributed by atoms with Crippen LogP contribution < -0.4 is 15.4 Å². The van der Waals surface area contributed by atoms with Gasteiger partial charge in [-0.3, -0.25) is 14.5 Å². The molecule has 0 bridgehead atoms. The predicted octanol–water partition coefficient (Wildman–Crippen LogP) is 3.16. The van der Waals surface area contributed by atoms with Gasteiger partial charge >= 0.3 is 6.03 Å². The molecule has 1 atom stereocenters. The van der Waals surface area contributed by atoms with Crippen molar-refractivity contribution in [1.29, 1.82) is 0 Å². The van der Waals surface area contributed by atoms with Gasteiger partial charge in [-0.1, -0.05) is 30.3 Å². The first kappa shape index (κ1) is 21.7. The zero-order valence-corrected chi connectivity index (χ0v) is 18.9. The maximum Gasteiger partial charge on any atom is 0.325 e. The van der Waals surface area contributed by atoms with Gasteiger partial charge in [0.1, 0.15) is 23.7 Å². The van der Waals surface area contributed by atoms with Crippen molar-refractivity contribution in [1.82, 2.24) is 20.0 Å². The summed E-state index contributed by atoms with van der Waals surface area (Å²) in [5.74, 6) is 0.565. The van der Waals surface area contributed by atoms with Gasteiger partial charge in [0.15, 0.2) is 0 Å². The summed E-state index contributed by atoms with van der Waals surface area (Å²) in [6.45, 7) is 1.22. The fourth-order valence-electron chi connectivity index (χ4n) is 4.12. The third kappa shape index (κ3) is 3.89. The van der Waals surface area contributed by atoms with Crippen molar-refractivity contribution < 1.29 is 19.1 Å². The molecule has 2 N–H and O–H groups in total. The Bertz CT molecular complexity index is 1250. The van der Waals surface area contributed by atoms with E-state index in [9.17, 15) is 14.4 Å². The summed E-state index contributed by atoms with van der Waals surface area (Å²) in [4.78, 5) is 39.7. The van der Waals surface area contributed by atoms with Crippen LogP contribution in [0.1, 0.15) is 36.9 Å². The highest BCUT2D eigenvalue weighted by atomic mass is 16.5. The topological polar surface area (TPSA) is 106 Å². The normalized spacial score (nSPS) is 19.8. The Morgan fingerprint density at radius 1 is 1.15 bits per heavy atom. The number of urea groups is 1. The van der Waals surface area contributed by atoms with Crippen LogP contribution in [0.2, 0.25) is 0 Å². The van der Waals surface area contributed by atoms with Crippen LogP contribution in [-0.4, -0.2) is 46.2 Å². The van der Waals surface area contributed by atoms with E-state index in [1.54, 1.807) is 43.0 Å². The highest BCUT2D eigenvalue weighted by Crippen LogP contribution is 2.40. The second-order valence-corrected chi connectivity index (χ2v) is 8.70. The summed E-state index contributed by atoms with van der Waals surface area (Å²) in [6.07, 6.45) is 2.15. The second-order valence-electron chi connectivity index (χ2n) is 8.70. The Balaban J connectivity index is 1.34. The molecule has 9 nitrogen and oxygen atoms in total. The van der Waals surface area contributed by atoms with Crippen molar-refractivity contribution in [2.75, 3.05) is 19.0 Å². The lowest BCUT2D eigenvalue weighted by atomic mass is 9.92. The Morgan fingerprint density at radius 3 is 2.50 bits per heavy atom. The van der Waals surface area contributed by atoms with E-state index >= 15 is 0 Å². The number of hydrogen-bond acceptors (Lipinski definition) is 5. The van der Waals surface area contributed by atoms with E-state index in [0.717, 1.165) is 29.1 Å². The minimum Gasteiger partial charge on any atom is -0.497 e. The number of ether oxygens (including phenoxy) is 1. The SMILES string of the molecule is COc1ccc([C@]2(C)NC(=O)N(CC(=O)Nc3cc(C4CC4)nn3-c3ccccc3)C2=O)cc1. The van der Waals surface area contributed by atoms with Crippen LogP contribution in [-0.2, 0) is 15.1 Å². The number of nitrogens with zero attached hydrogens (tertiary/aromatic N) is 3. The first-order valence-corrected chi connectivity index (χ1v) is 11.1. The average Bonchev–Trinajstić information content (AvgIpc) is 3.58. The van der Waals surface area contributed by atoms with Crippen LogP contribution in [0.3, 0.4) is 0 Å². The molecule has 0 radical (unpaired) electrons. The van der Waals surface area contributed by atoms with Crippen molar-refractivity contribution in [2.45, 2.75) is 31.2 Å². The van der Waals surface area contributed by atoms with Crippen molar-refractivity contribution in [2.24, 2.45) is 0 Å². The van der Waals surface area contributed by atoms with Gasteiger partial charge in [0.25, 0.3) is 5.91 Å². The number of benzene rings is 2. The zero-order valence-electron chi connectivity index (χ0n) is 18.9. The van der Waals surface area contributed by atoms with Gasteiger partial charge in [0.2, 0.25) is 5.91 Å². The Hall–Kier alpha value is -4.14. The monoisotopic (exact) mass is 459 g/mol. The number of carbonyl (C=O) groups excluding carboxylic acids is 3. The summed E-state index contributed by atoms with van der Waals surface area (Å²) >= 11 is 0. The highest BCUT2D eigenvalue weighted by molar-refractivity contribution is 6.10. The maximum absolute atomic E-state index is 13.2. The standard InChI is InChI=1S/C25H25N5O4/c1-25(17-10-12-19(34-2)13-11-17)23(32)29(24(33)27-25)15-22(31)26-21-14-20(16-8-9-16)28-30(21)18-6-4-3-5-7-18/h3-7,10-14,16H,8-9,15H2,1-2H3,(H,26,31)(H,27,33)/t25-/m0/s1. The maximum atomic E-state index is 13.2. The van der Waals surface area contributed by atoms with Crippen LogP contribution in [0.5, 0.6) is 5.75 Å². The molecule has 1 aliphatic heterocycles. The number of carbonyl (C=O) groups is 3. The van der Waals surface area contributed by atoms with Crippen LogP contribution in [0.15, 0.2) is 60.7 Å². The lowest BCUT2D eigenvalue weighted by Crippen LogP contribution is -2.42.